The average Bonchev–Trinajstić information content (AvgIpc) is 2.97. The molecule has 212 valence electrons. The summed E-state index contributed by atoms with van der Waals surface area (Å²) >= 11 is 0. The molecular weight excluding hydrogens is 492 g/mol. The van der Waals surface area contributed by atoms with E-state index in [9.17, 15) is 14.7 Å². The number of hydrogen-bond acceptors (Lipinski definition) is 5. The number of carbonyl (C=O) groups is 2. The molecular formula is C31H44N4O4. The lowest BCUT2D eigenvalue weighted by Crippen LogP contribution is -2.47. The molecule has 0 bridgehead atoms. The highest BCUT2D eigenvalue weighted by molar-refractivity contribution is 5.90. The molecule has 4 rings (SSSR count). The van der Waals surface area contributed by atoms with Crippen molar-refractivity contribution in [3.63, 3.8) is 0 Å². The number of hydrogen-bond donors (Lipinski definition) is 3. The smallest absolute Gasteiger partial charge is 0.319 e. The zero-order chi connectivity index (χ0) is 27.8. The van der Waals surface area contributed by atoms with Crippen LogP contribution in [0.2, 0.25) is 0 Å². The van der Waals surface area contributed by atoms with Crippen LogP contribution in [0.5, 0.6) is 5.75 Å². The third-order valence-electron chi connectivity index (χ3n) is 7.90. The quantitative estimate of drug-likeness (QED) is 0.464. The van der Waals surface area contributed by atoms with Crippen molar-refractivity contribution in [3.8, 4) is 5.75 Å². The molecule has 0 spiro atoms. The number of benzene rings is 2. The molecule has 39 heavy (non-hydrogen) atoms. The van der Waals surface area contributed by atoms with Crippen LogP contribution in [0.1, 0.15) is 57.1 Å². The van der Waals surface area contributed by atoms with E-state index >= 15 is 0 Å². The molecule has 1 fully saturated rings. The van der Waals surface area contributed by atoms with E-state index in [0.717, 1.165) is 37.8 Å². The van der Waals surface area contributed by atoms with Gasteiger partial charge in [0.05, 0.1) is 19.1 Å². The van der Waals surface area contributed by atoms with E-state index < -0.39 is 0 Å². The van der Waals surface area contributed by atoms with Crippen molar-refractivity contribution < 1.29 is 19.4 Å². The van der Waals surface area contributed by atoms with Crippen LogP contribution in [-0.2, 0) is 17.8 Å². The normalized spacial score (nSPS) is 21.3. The molecule has 2 aromatic rings. The fourth-order valence-electron chi connectivity index (χ4n) is 5.59. The molecule has 3 N–H and O–H groups in total. The van der Waals surface area contributed by atoms with E-state index in [1.165, 1.54) is 12.0 Å². The number of amides is 3. The summed E-state index contributed by atoms with van der Waals surface area (Å²) in [7, 11) is 2.08. The van der Waals surface area contributed by atoms with Crippen LogP contribution in [0, 0.1) is 5.92 Å². The van der Waals surface area contributed by atoms with Crippen molar-refractivity contribution in [3.05, 3.63) is 59.7 Å². The summed E-state index contributed by atoms with van der Waals surface area (Å²) in [6, 6.07) is 15.6. The predicted octanol–water partition coefficient (Wildman–Crippen LogP) is 4.42. The van der Waals surface area contributed by atoms with Crippen LogP contribution < -0.4 is 15.4 Å². The summed E-state index contributed by atoms with van der Waals surface area (Å²) in [6.07, 6.45) is 5.50. The molecule has 0 unspecified atom stereocenters. The number of anilines is 1. The standard InChI is InChI=1S/C31H44N4O4/c1-22-18-35(23(2)21-36)30(37)17-25-16-27(33-31(38)32-26-12-8-5-9-13-26)14-15-28(25)39-29(22)20-34(3)19-24-10-6-4-7-11-24/h4,6-7,10-11,14-16,22-23,26,29,36H,5,8-9,12-13,17-21H2,1-3H3,(H2,32,33,38)/t22-,23+,29+/m1/s1. The molecule has 8 nitrogen and oxygen atoms in total. The number of aliphatic hydroxyl groups excluding tert-OH is 1. The summed E-state index contributed by atoms with van der Waals surface area (Å²) in [6.45, 7) is 5.82. The molecule has 0 aromatic heterocycles. The van der Waals surface area contributed by atoms with Gasteiger partial charge in [-0.1, -0.05) is 56.5 Å². The Kier molecular flexibility index (Phi) is 10.2. The second kappa shape index (κ2) is 13.8. The van der Waals surface area contributed by atoms with Gasteiger partial charge >= 0.3 is 6.03 Å². The van der Waals surface area contributed by atoms with Crippen LogP contribution in [0.25, 0.3) is 0 Å². The Morgan fingerprint density at radius 1 is 1.15 bits per heavy atom. The molecule has 3 amide bonds. The van der Waals surface area contributed by atoms with E-state index in [0.29, 0.717) is 24.5 Å². The number of rotatable bonds is 8. The van der Waals surface area contributed by atoms with Gasteiger partial charge in [0, 0.05) is 42.8 Å². The first-order chi connectivity index (χ1) is 18.8. The molecule has 3 atom stereocenters. The third kappa shape index (κ3) is 8.19. The van der Waals surface area contributed by atoms with Gasteiger partial charge < -0.3 is 25.4 Å². The van der Waals surface area contributed by atoms with Crippen LogP contribution in [-0.4, -0.2) is 71.8 Å². The Balaban J connectivity index is 1.53. The van der Waals surface area contributed by atoms with E-state index in [-0.39, 0.29) is 49.1 Å². The summed E-state index contributed by atoms with van der Waals surface area (Å²) in [4.78, 5) is 30.1. The number of likely N-dealkylation sites (N-methyl/N-ethyl adjacent to an activating group) is 1. The number of aliphatic hydroxyl groups is 1. The van der Waals surface area contributed by atoms with Gasteiger partial charge in [0.2, 0.25) is 5.91 Å². The topological polar surface area (TPSA) is 94.1 Å². The number of urea groups is 1. The Labute approximate surface area is 232 Å². The minimum Gasteiger partial charge on any atom is -0.488 e. The Hall–Kier alpha value is -3.10. The first kappa shape index (κ1) is 28.9. The minimum absolute atomic E-state index is 0.0335. The van der Waals surface area contributed by atoms with Gasteiger partial charge in [-0.3, -0.25) is 9.69 Å². The molecule has 0 radical (unpaired) electrons. The molecule has 1 aliphatic heterocycles. The summed E-state index contributed by atoms with van der Waals surface area (Å²) in [5.74, 6) is 0.631. The number of ether oxygens (including phenoxy) is 1. The van der Waals surface area contributed by atoms with Crippen LogP contribution in [0.4, 0.5) is 10.5 Å². The number of nitrogens with one attached hydrogen (secondary N) is 2. The second-order valence-electron chi connectivity index (χ2n) is 11.3. The van der Waals surface area contributed by atoms with Crippen molar-refractivity contribution in [2.45, 2.75) is 77.1 Å². The van der Waals surface area contributed by atoms with Gasteiger partial charge in [0.1, 0.15) is 11.9 Å². The lowest BCUT2D eigenvalue weighted by molar-refractivity contribution is -0.134. The van der Waals surface area contributed by atoms with Gasteiger partial charge in [-0.05, 0) is 50.6 Å². The lowest BCUT2D eigenvalue weighted by Gasteiger charge is -2.34. The zero-order valence-electron chi connectivity index (χ0n) is 23.6. The van der Waals surface area contributed by atoms with Crippen LogP contribution in [0.15, 0.2) is 48.5 Å². The largest absolute Gasteiger partial charge is 0.488 e. The molecule has 0 saturated heterocycles. The van der Waals surface area contributed by atoms with E-state index in [2.05, 4.69) is 41.6 Å². The maximum Gasteiger partial charge on any atom is 0.319 e. The third-order valence-corrected chi connectivity index (χ3v) is 7.90. The first-order valence-electron chi connectivity index (χ1n) is 14.3. The molecule has 1 aliphatic carbocycles. The number of carbonyl (C=O) groups excluding carboxylic acids is 2. The predicted molar refractivity (Wildman–Crippen MR) is 154 cm³/mol. The van der Waals surface area contributed by atoms with Gasteiger partial charge in [-0.2, -0.15) is 0 Å². The highest BCUT2D eigenvalue weighted by Crippen LogP contribution is 2.29. The first-order valence-corrected chi connectivity index (χ1v) is 14.3. The maximum absolute atomic E-state index is 13.4. The average molecular weight is 537 g/mol. The van der Waals surface area contributed by atoms with Gasteiger partial charge in [-0.25, -0.2) is 4.79 Å². The van der Waals surface area contributed by atoms with Crippen molar-refractivity contribution in [1.29, 1.82) is 0 Å². The molecule has 1 saturated carbocycles. The van der Waals surface area contributed by atoms with Crippen LogP contribution >= 0.6 is 0 Å². The minimum atomic E-state index is -0.299. The Morgan fingerprint density at radius 2 is 1.90 bits per heavy atom. The summed E-state index contributed by atoms with van der Waals surface area (Å²) in [5.41, 5.74) is 2.59. The molecule has 1 heterocycles. The number of fused-ring (bicyclic) bond motifs is 1. The van der Waals surface area contributed by atoms with E-state index in [4.69, 9.17) is 4.74 Å². The second-order valence-corrected chi connectivity index (χ2v) is 11.3. The van der Waals surface area contributed by atoms with Gasteiger partial charge in [0.25, 0.3) is 0 Å². The SMILES string of the molecule is C[C@@H]1CN([C@@H](C)CO)C(=O)Cc2cc(NC(=O)NC3CCCCC3)ccc2O[C@H]1CN(C)Cc1ccccc1. The molecule has 2 aliphatic rings. The monoisotopic (exact) mass is 536 g/mol. The lowest BCUT2D eigenvalue weighted by atomic mass is 9.96. The van der Waals surface area contributed by atoms with Crippen molar-refractivity contribution in [2.24, 2.45) is 5.92 Å². The van der Waals surface area contributed by atoms with E-state index in [1.807, 2.05) is 43.3 Å². The fraction of sp³-hybridized carbons (Fsp3) is 0.548. The van der Waals surface area contributed by atoms with Crippen LogP contribution in [0.3, 0.4) is 0 Å². The van der Waals surface area contributed by atoms with Crippen molar-refractivity contribution in [2.75, 3.05) is 32.1 Å². The van der Waals surface area contributed by atoms with Crippen molar-refractivity contribution in [1.82, 2.24) is 15.1 Å². The number of nitrogens with zero attached hydrogens (tertiary/aromatic N) is 2. The maximum atomic E-state index is 13.4. The van der Waals surface area contributed by atoms with E-state index in [1.54, 1.807) is 4.90 Å². The zero-order valence-corrected chi connectivity index (χ0v) is 23.6. The summed E-state index contributed by atoms with van der Waals surface area (Å²) in [5, 5.41) is 15.9. The molecule has 8 heteroatoms. The highest BCUT2D eigenvalue weighted by atomic mass is 16.5. The highest BCUT2D eigenvalue weighted by Gasteiger charge is 2.31. The molecule has 2 aromatic carbocycles. The van der Waals surface area contributed by atoms with Crippen molar-refractivity contribution >= 4 is 17.6 Å². The van der Waals surface area contributed by atoms with Gasteiger partial charge in [-0.15, -0.1) is 0 Å². The Morgan fingerprint density at radius 3 is 2.62 bits per heavy atom. The Bertz CT molecular complexity index is 1090. The summed E-state index contributed by atoms with van der Waals surface area (Å²) < 4.78 is 6.62. The van der Waals surface area contributed by atoms with Gasteiger partial charge in [0.15, 0.2) is 0 Å². The fourth-order valence-corrected chi connectivity index (χ4v) is 5.59.